The third-order valence-electron chi connectivity index (χ3n) is 4.73. The Labute approximate surface area is 167 Å². The minimum Gasteiger partial charge on any atom is -0.466 e. The second kappa shape index (κ2) is 9.05. The van der Waals surface area contributed by atoms with E-state index in [0.29, 0.717) is 37.4 Å². The minimum atomic E-state index is -0.450. The zero-order valence-corrected chi connectivity index (χ0v) is 16.4. The summed E-state index contributed by atoms with van der Waals surface area (Å²) in [6, 6.07) is 9.24. The van der Waals surface area contributed by atoms with E-state index in [-0.39, 0.29) is 24.3 Å². The summed E-state index contributed by atoms with van der Waals surface area (Å²) in [5, 5.41) is -0.443. The Morgan fingerprint density at radius 1 is 1.18 bits per heavy atom. The third kappa shape index (κ3) is 4.62. The topological polar surface area (TPSA) is 84.0 Å². The number of rotatable bonds is 5. The van der Waals surface area contributed by atoms with E-state index < -0.39 is 11.1 Å². The summed E-state index contributed by atoms with van der Waals surface area (Å²) in [5.41, 5.74) is 0.820. The van der Waals surface area contributed by atoms with Gasteiger partial charge in [0.15, 0.2) is 0 Å². The fourth-order valence-electron chi connectivity index (χ4n) is 3.20. The molecular weight excluding hydrogens is 380 g/mol. The highest BCUT2D eigenvalue weighted by molar-refractivity contribution is 8.18. The summed E-state index contributed by atoms with van der Waals surface area (Å²) in [4.78, 5) is 52.0. The standard InChI is InChI=1S/C20H22N2O5S/c1-2-27-19(25)15-8-10-21(11-9-15)17(23)13-22-18(24)16(28-20(22)26)12-14-6-4-3-5-7-14/h3-7,12,15H,2,8-11,13H2,1H3/b16-12+. The van der Waals surface area contributed by atoms with Crippen molar-refractivity contribution in [3.8, 4) is 0 Å². The van der Waals surface area contributed by atoms with Crippen molar-refractivity contribution < 1.29 is 23.9 Å². The Kier molecular flexibility index (Phi) is 6.51. The predicted octanol–water partition coefficient (Wildman–Crippen LogP) is 2.52. The van der Waals surface area contributed by atoms with Gasteiger partial charge < -0.3 is 9.64 Å². The summed E-state index contributed by atoms with van der Waals surface area (Å²) in [7, 11) is 0. The number of esters is 1. The van der Waals surface area contributed by atoms with Crippen molar-refractivity contribution in [1.29, 1.82) is 0 Å². The lowest BCUT2D eigenvalue weighted by atomic mass is 9.97. The van der Waals surface area contributed by atoms with Crippen molar-refractivity contribution in [2.45, 2.75) is 19.8 Å². The summed E-state index contributed by atoms with van der Waals surface area (Å²) < 4.78 is 5.02. The fourth-order valence-corrected chi connectivity index (χ4v) is 4.04. The molecule has 2 fully saturated rings. The van der Waals surface area contributed by atoms with Crippen molar-refractivity contribution in [1.82, 2.24) is 9.80 Å². The zero-order chi connectivity index (χ0) is 20.1. The molecule has 7 nitrogen and oxygen atoms in total. The summed E-state index contributed by atoms with van der Waals surface area (Å²) in [6.07, 6.45) is 2.71. The molecular formula is C20H22N2O5S. The summed E-state index contributed by atoms with van der Waals surface area (Å²) >= 11 is 0.842. The van der Waals surface area contributed by atoms with Crippen LogP contribution in [0.3, 0.4) is 0 Å². The lowest BCUT2D eigenvalue weighted by Gasteiger charge is -2.31. The van der Waals surface area contributed by atoms with Crippen molar-refractivity contribution in [2.75, 3.05) is 26.2 Å². The van der Waals surface area contributed by atoms with Gasteiger partial charge in [0.25, 0.3) is 11.1 Å². The van der Waals surface area contributed by atoms with Gasteiger partial charge in [0, 0.05) is 13.1 Å². The van der Waals surface area contributed by atoms with Gasteiger partial charge in [0.05, 0.1) is 17.4 Å². The van der Waals surface area contributed by atoms with E-state index in [1.54, 1.807) is 17.9 Å². The number of ether oxygens (including phenoxy) is 1. The van der Waals surface area contributed by atoms with Gasteiger partial charge in [-0.2, -0.15) is 0 Å². The van der Waals surface area contributed by atoms with E-state index in [1.165, 1.54) is 0 Å². The first-order chi connectivity index (χ1) is 13.5. The molecule has 0 saturated carbocycles. The zero-order valence-electron chi connectivity index (χ0n) is 15.6. The molecule has 0 spiro atoms. The average molecular weight is 402 g/mol. The number of piperidine rings is 1. The molecule has 0 unspecified atom stereocenters. The highest BCUT2D eigenvalue weighted by Gasteiger charge is 2.38. The molecule has 0 N–H and O–H groups in total. The van der Waals surface area contributed by atoms with E-state index in [9.17, 15) is 19.2 Å². The van der Waals surface area contributed by atoms with Gasteiger partial charge >= 0.3 is 5.97 Å². The van der Waals surface area contributed by atoms with Crippen LogP contribution in [0.4, 0.5) is 4.79 Å². The molecule has 2 saturated heterocycles. The van der Waals surface area contributed by atoms with Crippen LogP contribution in [0.2, 0.25) is 0 Å². The van der Waals surface area contributed by atoms with Crippen LogP contribution in [-0.4, -0.2) is 59.1 Å². The second-order valence-corrected chi connectivity index (χ2v) is 7.58. The van der Waals surface area contributed by atoms with E-state index in [4.69, 9.17) is 4.74 Å². The van der Waals surface area contributed by atoms with Gasteiger partial charge in [-0.3, -0.25) is 24.1 Å². The molecule has 3 amide bonds. The highest BCUT2D eigenvalue weighted by atomic mass is 32.2. The Morgan fingerprint density at radius 2 is 1.86 bits per heavy atom. The number of hydrogen-bond acceptors (Lipinski definition) is 6. The van der Waals surface area contributed by atoms with Crippen LogP contribution >= 0.6 is 11.8 Å². The molecule has 3 rings (SSSR count). The number of thioether (sulfide) groups is 1. The molecule has 2 heterocycles. The molecule has 28 heavy (non-hydrogen) atoms. The largest absolute Gasteiger partial charge is 0.466 e. The lowest BCUT2D eigenvalue weighted by Crippen LogP contribution is -2.46. The number of hydrogen-bond donors (Lipinski definition) is 0. The predicted molar refractivity (Wildman–Crippen MR) is 105 cm³/mol. The maximum atomic E-state index is 12.5. The second-order valence-electron chi connectivity index (χ2n) is 6.59. The Hall–Kier alpha value is -2.61. The van der Waals surface area contributed by atoms with Gasteiger partial charge in [0.2, 0.25) is 5.91 Å². The Bertz CT molecular complexity index is 800. The van der Waals surface area contributed by atoms with Crippen molar-refractivity contribution in [2.24, 2.45) is 5.92 Å². The van der Waals surface area contributed by atoms with Crippen LogP contribution in [0.1, 0.15) is 25.3 Å². The molecule has 2 aliphatic rings. The third-order valence-corrected chi connectivity index (χ3v) is 5.64. The van der Waals surface area contributed by atoms with Crippen LogP contribution < -0.4 is 0 Å². The molecule has 1 aromatic rings. The van der Waals surface area contributed by atoms with Gasteiger partial charge in [-0.05, 0) is 43.2 Å². The van der Waals surface area contributed by atoms with Gasteiger partial charge in [-0.1, -0.05) is 30.3 Å². The number of likely N-dealkylation sites (tertiary alicyclic amines) is 1. The maximum absolute atomic E-state index is 12.5. The molecule has 0 radical (unpaired) electrons. The fraction of sp³-hybridized carbons (Fsp3) is 0.400. The molecule has 8 heteroatoms. The van der Waals surface area contributed by atoms with E-state index in [0.717, 1.165) is 22.2 Å². The Balaban J connectivity index is 1.57. The molecule has 2 aliphatic heterocycles. The quantitative estimate of drug-likeness (QED) is 0.556. The van der Waals surface area contributed by atoms with Crippen LogP contribution in [0.25, 0.3) is 6.08 Å². The van der Waals surface area contributed by atoms with E-state index in [1.807, 2.05) is 30.3 Å². The first-order valence-electron chi connectivity index (χ1n) is 9.24. The van der Waals surface area contributed by atoms with Crippen LogP contribution in [-0.2, 0) is 19.1 Å². The van der Waals surface area contributed by atoms with Crippen LogP contribution in [0.15, 0.2) is 35.2 Å². The summed E-state index contributed by atoms with van der Waals surface area (Å²) in [6.45, 7) is 2.66. The lowest BCUT2D eigenvalue weighted by molar-refractivity contribution is -0.151. The SMILES string of the molecule is CCOC(=O)C1CCN(C(=O)CN2C(=O)S/C(=C/c3ccccc3)C2=O)CC1. The van der Waals surface area contributed by atoms with Crippen molar-refractivity contribution >= 4 is 40.9 Å². The first-order valence-corrected chi connectivity index (χ1v) is 10.1. The Morgan fingerprint density at radius 3 is 2.50 bits per heavy atom. The monoisotopic (exact) mass is 402 g/mol. The number of imide groups is 1. The summed E-state index contributed by atoms with van der Waals surface area (Å²) in [5.74, 6) is -1.17. The van der Waals surface area contributed by atoms with E-state index >= 15 is 0 Å². The molecule has 1 aromatic carbocycles. The molecule has 0 bridgehead atoms. The number of nitrogens with zero attached hydrogens (tertiary/aromatic N) is 2. The maximum Gasteiger partial charge on any atom is 0.309 e. The van der Waals surface area contributed by atoms with Crippen LogP contribution in [0, 0.1) is 5.92 Å². The number of carbonyl (C=O) groups is 4. The highest BCUT2D eigenvalue weighted by Crippen LogP contribution is 2.32. The molecule has 0 aliphatic carbocycles. The number of amides is 3. The minimum absolute atomic E-state index is 0.199. The van der Waals surface area contributed by atoms with Gasteiger partial charge in [0.1, 0.15) is 6.54 Å². The van der Waals surface area contributed by atoms with Crippen molar-refractivity contribution in [3.05, 3.63) is 40.8 Å². The molecule has 148 valence electrons. The average Bonchev–Trinajstić information content (AvgIpc) is 2.96. The number of carbonyl (C=O) groups excluding carboxylic acids is 4. The van der Waals surface area contributed by atoms with Gasteiger partial charge in [-0.15, -0.1) is 0 Å². The van der Waals surface area contributed by atoms with E-state index in [2.05, 4.69) is 0 Å². The molecule has 0 aromatic heterocycles. The first kappa shape index (κ1) is 20.1. The van der Waals surface area contributed by atoms with Crippen LogP contribution in [0.5, 0.6) is 0 Å². The molecule has 0 atom stereocenters. The van der Waals surface area contributed by atoms with Crippen molar-refractivity contribution in [3.63, 3.8) is 0 Å². The number of benzene rings is 1. The van der Waals surface area contributed by atoms with Gasteiger partial charge in [-0.25, -0.2) is 0 Å². The smallest absolute Gasteiger partial charge is 0.309 e. The normalized spacial score (nSPS) is 19.4.